The second kappa shape index (κ2) is 8.36. The molecule has 0 bridgehead atoms. The Labute approximate surface area is 157 Å². The maximum Gasteiger partial charge on any atom is 0.245 e. The molecule has 1 aliphatic rings. The van der Waals surface area contributed by atoms with Crippen molar-refractivity contribution in [3.63, 3.8) is 0 Å². The first kappa shape index (κ1) is 18.5. The molecule has 6 heteroatoms. The number of aryl methyl sites for hydroxylation is 1. The zero-order valence-electron chi connectivity index (χ0n) is 15.0. The van der Waals surface area contributed by atoms with E-state index in [1.807, 2.05) is 17.0 Å². The first-order valence-electron chi connectivity index (χ1n) is 8.84. The lowest BCUT2D eigenvalue weighted by Gasteiger charge is -2.33. The number of likely N-dealkylation sites (tertiary alicyclic amines) is 1. The first-order chi connectivity index (χ1) is 12.6. The third kappa shape index (κ3) is 4.43. The van der Waals surface area contributed by atoms with E-state index in [1.54, 1.807) is 22.5 Å². The van der Waals surface area contributed by atoms with Crippen molar-refractivity contribution in [1.29, 1.82) is 0 Å². The Balaban J connectivity index is 1.68. The Kier molecular flexibility index (Phi) is 5.93. The second-order valence-electron chi connectivity index (χ2n) is 6.59. The van der Waals surface area contributed by atoms with Crippen LogP contribution in [0.4, 0.5) is 0 Å². The lowest BCUT2D eigenvalue weighted by atomic mass is 9.95. The zero-order valence-corrected chi connectivity index (χ0v) is 15.8. The quantitative estimate of drug-likeness (QED) is 0.728. The predicted octanol–water partition coefficient (Wildman–Crippen LogP) is 3.60. The Morgan fingerprint density at radius 3 is 2.65 bits per heavy atom. The number of nitrogens with zero attached hydrogens (tertiary/aromatic N) is 2. The van der Waals surface area contributed by atoms with E-state index in [0.29, 0.717) is 39.0 Å². The molecular weight excluding hydrogens is 348 g/mol. The third-order valence-electron chi connectivity index (χ3n) is 4.71. The van der Waals surface area contributed by atoms with Crippen LogP contribution in [-0.4, -0.2) is 34.7 Å². The summed E-state index contributed by atoms with van der Waals surface area (Å²) in [6.45, 7) is 7.87. The van der Waals surface area contributed by atoms with Crippen molar-refractivity contribution in [2.45, 2.75) is 32.9 Å². The summed E-state index contributed by atoms with van der Waals surface area (Å²) in [5.41, 5.74) is 0. The van der Waals surface area contributed by atoms with Crippen molar-refractivity contribution in [3.05, 3.63) is 58.7 Å². The molecule has 0 unspecified atom stereocenters. The summed E-state index contributed by atoms with van der Waals surface area (Å²) in [7, 11) is 0. The second-order valence-corrected chi connectivity index (χ2v) is 7.96. The number of furan rings is 1. The van der Waals surface area contributed by atoms with Crippen molar-refractivity contribution in [2.75, 3.05) is 13.1 Å². The van der Waals surface area contributed by atoms with Crippen molar-refractivity contribution >= 4 is 23.2 Å². The van der Waals surface area contributed by atoms with Gasteiger partial charge in [-0.25, -0.2) is 0 Å². The molecule has 5 nitrogen and oxygen atoms in total. The van der Waals surface area contributed by atoms with Gasteiger partial charge in [0.2, 0.25) is 11.8 Å². The number of carbonyl (C=O) groups is 2. The fourth-order valence-electron chi connectivity index (χ4n) is 3.29. The summed E-state index contributed by atoms with van der Waals surface area (Å²) in [4.78, 5) is 30.9. The van der Waals surface area contributed by atoms with Crippen LogP contribution in [0.25, 0.3) is 0 Å². The highest BCUT2D eigenvalue weighted by Crippen LogP contribution is 2.24. The number of hydrogen-bond acceptors (Lipinski definition) is 4. The lowest BCUT2D eigenvalue weighted by Crippen LogP contribution is -2.43. The van der Waals surface area contributed by atoms with Crippen LogP contribution < -0.4 is 0 Å². The van der Waals surface area contributed by atoms with Crippen molar-refractivity contribution < 1.29 is 14.0 Å². The lowest BCUT2D eigenvalue weighted by molar-refractivity contribution is -0.140. The Hall–Kier alpha value is -2.34. The van der Waals surface area contributed by atoms with Gasteiger partial charge in [-0.1, -0.05) is 6.58 Å². The van der Waals surface area contributed by atoms with Gasteiger partial charge < -0.3 is 14.2 Å². The number of piperidine rings is 1. The highest BCUT2D eigenvalue weighted by atomic mass is 32.1. The minimum atomic E-state index is -0.0580. The molecule has 138 valence electrons. The highest BCUT2D eigenvalue weighted by Gasteiger charge is 2.30. The van der Waals surface area contributed by atoms with E-state index in [1.165, 1.54) is 15.8 Å². The van der Waals surface area contributed by atoms with E-state index in [0.717, 1.165) is 5.76 Å². The average Bonchev–Trinajstić information content (AvgIpc) is 3.32. The third-order valence-corrected chi connectivity index (χ3v) is 5.70. The first-order valence-corrected chi connectivity index (χ1v) is 9.66. The molecule has 0 radical (unpaired) electrons. The van der Waals surface area contributed by atoms with Crippen LogP contribution in [-0.2, 0) is 22.7 Å². The summed E-state index contributed by atoms with van der Waals surface area (Å²) in [5.74, 6) is 0.807. The van der Waals surface area contributed by atoms with E-state index in [9.17, 15) is 9.59 Å². The monoisotopic (exact) mass is 372 g/mol. The largest absolute Gasteiger partial charge is 0.467 e. The van der Waals surface area contributed by atoms with Gasteiger partial charge in [-0.3, -0.25) is 9.59 Å². The van der Waals surface area contributed by atoms with E-state index in [2.05, 4.69) is 25.6 Å². The van der Waals surface area contributed by atoms with Gasteiger partial charge in [0.15, 0.2) is 0 Å². The number of amides is 2. The van der Waals surface area contributed by atoms with Crippen molar-refractivity contribution in [3.8, 4) is 0 Å². The molecule has 0 saturated carbocycles. The normalized spacial score (nSPS) is 15.0. The van der Waals surface area contributed by atoms with Gasteiger partial charge in [-0.2, -0.15) is 0 Å². The standard InChI is InChI=1S/C20H24N2O3S/c1-3-19(23)21-10-8-16(9-11-21)20(24)22(13-17-5-4-12-25-17)14-18-7-6-15(2)26-18/h3-7,12,16H,1,8-11,13-14H2,2H3. The van der Waals surface area contributed by atoms with Gasteiger partial charge in [-0.15, -0.1) is 11.3 Å². The van der Waals surface area contributed by atoms with Gasteiger partial charge in [0, 0.05) is 28.8 Å². The fraction of sp³-hybridized carbons (Fsp3) is 0.400. The number of carbonyl (C=O) groups excluding carboxylic acids is 2. The van der Waals surface area contributed by atoms with Crippen molar-refractivity contribution in [2.24, 2.45) is 5.92 Å². The minimum Gasteiger partial charge on any atom is -0.467 e. The van der Waals surface area contributed by atoms with E-state index >= 15 is 0 Å². The highest BCUT2D eigenvalue weighted by molar-refractivity contribution is 7.11. The van der Waals surface area contributed by atoms with Gasteiger partial charge >= 0.3 is 0 Å². The molecule has 1 aliphatic heterocycles. The van der Waals surface area contributed by atoms with Crippen LogP contribution in [0.3, 0.4) is 0 Å². The number of hydrogen-bond donors (Lipinski definition) is 0. The van der Waals surface area contributed by atoms with Crippen LogP contribution in [0.15, 0.2) is 47.6 Å². The van der Waals surface area contributed by atoms with E-state index in [4.69, 9.17) is 4.42 Å². The SMILES string of the molecule is C=CC(=O)N1CCC(C(=O)N(Cc2ccco2)Cc2ccc(C)s2)CC1. The minimum absolute atomic E-state index is 0.0557. The molecule has 3 rings (SSSR count). The van der Waals surface area contributed by atoms with Crippen molar-refractivity contribution in [1.82, 2.24) is 9.80 Å². The van der Waals surface area contributed by atoms with Gasteiger partial charge in [0.25, 0.3) is 0 Å². The van der Waals surface area contributed by atoms with E-state index < -0.39 is 0 Å². The van der Waals surface area contributed by atoms with E-state index in [-0.39, 0.29) is 17.7 Å². The molecule has 2 aromatic rings. The number of rotatable bonds is 6. The maximum atomic E-state index is 13.1. The Morgan fingerprint density at radius 1 is 1.31 bits per heavy atom. The maximum absolute atomic E-state index is 13.1. The Morgan fingerprint density at radius 2 is 2.08 bits per heavy atom. The molecule has 2 amide bonds. The van der Waals surface area contributed by atoms with Gasteiger partial charge in [-0.05, 0) is 50.1 Å². The van der Waals surface area contributed by atoms with Crippen LogP contribution in [0.5, 0.6) is 0 Å². The predicted molar refractivity (Wildman–Crippen MR) is 102 cm³/mol. The summed E-state index contributed by atoms with van der Waals surface area (Å²) in [5, 5.41) is 0. The van der Waals surface area contributed by atoms with Gasteiger partial charge in [0.05, 0.1) is 19.4 Å². The molecule has 1 fully saturated rings. The fourth-order valence-corrected chi connectivity index (χ4v) is 4.20. The molecule has 26 heavy (non-hydrogen) atoms. The topological polar surface area (TPSA) is 53.8 Å². The van der Waals surface area contributed by atoms with Crippen LogP contribution in [0.2, 0.25) is 0 Å². The molecule has 2 aromatic heterocycles. The molecule has 0 atom stereocenters. The molecule has 1 saturated heterocycles. The molecule has 3 heterocycles. The average molecular weight is 372 g/mol. The number of thiophene rings is 1. The summed E-state index contributed by atoms with van der Waals surface area (Å²) < 4.78 is 5.45. The summed E-state index contributed by atoms with van der Waals surface area (Å²) >= 11 is 1.71. The molecule has 0 N–H and O–H groups in total. The van der Waals surface area contributed by atoms with Crippen LogP contribution in [0.1, 0.15) is 28.4 Å². The van der Waals surface area contributed by atoms with Crippen LogP contribution >= 0.6 is 11.3 Å². The smallest absolute Gasteiger partial charge is 0.245 e. The van der Waals surface area contributed by atoms with Gasteiger partial charge in [0.1, 0.15) is 5.76 Å². The Bertz CT molecular complexity index is 758. The van der Waals surface area contributed by atoms with Crippen LogP contribution in [0, 0.1) is 12.8 Å². The zero-order chi connectivity index (χ0) is 18.5. The molecule has 0 spiro atoms. The molecule has 0 aliphatic carbocycles. The summed E-state index contributed by atoms with van der Waals surface area (Å²) in [6.07, 6.45) is 4.35. The summed E-state index contributed by atoms with van der Waals surface area (Å²) in [6, 6.07) is 7.89. The molecule has 0 aromatic carbocycles. The molecular formula is C20H24N2O3S.